The average molecular weight is 593 g/mol. The summed E-state index contributed by atoms with van der Waals surface area (Å²) in [6.45, 7) is 3.14. The molecule has 1 aliphatic rings. The summed E-state index contributed by atoms with van der Waals surface area (Å²) in [7, 11) is 0. The Hall–Kier alpha value is -2.78. The Balaban J connectivity index is 2.34. The first-order valence-corrected chi connectivity index (χ1v) is 12.3. The molecule has 3 rings (SSSR count). The first-order chi connectivity index (χ1) is 18.1. The molecular weight excluding hydrogens is 570 g/mol. The minimum atomic E-state index is -5.53. The van der Waals surface area contributed by atoms with Crippen molar-refractivity contribution in [2.45, 2.75) is 56.3 Å². The number of nitriles is 1. The SMILES string of the molecule is CC(C)(CCO)C[C@@H]1N[C@@H](C(=O)OC(=O)C(F)(F)F)[C@H](c2cccc(Cl)c2F)[C@@]1(C#N)c1ccc(Cl)cc1F. The fourth-order valence-corrected chi connectivity index (χ4v) is 5.43. The topological polar surface area (TPSA) is 99.4 Å². The van der Waals surface area contributed by atoms with Crippen molar-refractivity contribution in [3.8, 4) is 6.07 Å². The van der Waals surface area contributed by atoms with Gasteiger partial charge in [0.05, 0.1) is 11.1 Å². The third-order valence-corrected chi connectivity index (χ3v) is 7.38. The maximum atomic E-state index is 15.5. The van der Waals surface area contributed by atoms with E-state index in [9.17, 15) is 33.1 Å². The summed E-state index contributed by atoms with van der Waals surface area (Å²) in [5.41, 5.74) is -3.64. The van der Waals surface area contributed by atoms with Crippen molar-refractivity contribution in [1.29, 1.82) is 5.26 Å². The van der Waals surface area contributed by atoms with Crippen LogP contribution in [0.25, 0.3) is 0 Å². The minimum Gasteiger partial charge on any atom is -0.396 e. The van der Waals surface area contributed by atoms with Gasteiger partial charge in [0.2, 0.25) is 0 Å². The van der Waals surface area contributed by atoms with Gasteiger partial charge in [0, 0.05) is 29.2 Å². The summed E-state index contributed by atoms with van der Waals surface area (Å²) in [6, 6.07) is 5.79. The average Bonchev–Trinajstić information content (AvgIpc) is 3.14. The van der Waals surface area contributed by atoms with E-state index in [4.69, 9.17) is 23.2 Å². The van der Waals surface area contributed by atoms with E-state index in [1.165, 1.54) is 24.3 Å². The maximum absolute atomic E-state index is 15.5. The Bertz CT molecular complexity index is 1310. The zero-order valence-electron chi connectivity index (χ0n) is 20.6. The van der Waals surface area contributed by atoms with Crippen LogP contribution in [0.3, 0.4) is 0 Å². The van der Waals surface area contributed by atoms with Gasteiger partial charge in [-0.1, -0.05) is 55.2 Å². The van der Waals surface area contributed by atoms with E-state index in [1.807, 2.05) is 6.07 Å². The van der Waals surface area contributed by atoms with Crippen molar-refractivity contribution in [1.82, 2.24) is 5.32 Å². The minimum absolute atomic E-state index is 0.0373. The molecule has 0 radical (unpaired) electrons. The van der Waals surface area contributed by atoms with Crippen LogP contribution in [-0.2, 0) is 19.7 Å². The first kappa shape index (κ1) is 30.8. The summed E-state index contributed by atoms with van der Waals surface area (Å²) in [4.78, 5) is 24.6. The summed E-state index contributed by atoms with van der Waals surface area (Å²) in [6.07, 6.45) is -5.38. The number of nitrogens with zero attached hydrogens (tertiary/aromatic N) is 1. The van der Waals surface area contributed by atoms with Crippen LogP contribution in [0.15, 0.2) is 36.4 Å². The molecular formula is C26H23Cl2F5N2O4. The molecule has 39 heavy (non-hydrogen) atoms. The Kier molecular flexibility index (Phi) is 8.97. The number of carbonyl (C=O) groups is 2. The van der Waals surface area contributed by atoms with Gasteiger partial charge in [-0.15, -0.1) is 0 Å². The van der Waals surface area contributed by atoms with E-state index in [2.05, 4.69) is 10.1 Å². The molecule has 2 aromatic carbocycles. The molecule has 1 heterocycles. The number of hydrogen-bond donors (Lipinski definition) is 2. The van der Waals surface area contributed by atoms with Crippen molar-refractivity contribution in [3.63, 3.8) is 0 Å². The van der Waals surface area contributed by atoms with Gasteiger partial charge in [0.1, 0.15) is 23.1 Å². The molecule has 0 unspecified atom stereocenters. The van der Waals surface area contributed by atoms with Gasteiger partial charge in [0.15, 0.2) is 0 Å². The second-order valence-corrected chi connectivity index (χ2v) is 10.8. The molecule has 0 spiro atoms. The number of alkyl halides is 3. The maximum Gasteiger partial charge on any atom is 0.491 e. The van der Waals surface area contributed by atoms with E-state index in [1.54, 1.807) is 13.8 Å². The lowest BCUT2D eigenvalue weighted by Crippen LogP contribution is -2.45. The second-order valence-electron chi connectivity index (χ2n) is 9.97. The molecule has 210 valence electrons. The third-order valence-electron chi connectivity index (χ3n) is 6.86. The van der Waals surface area contributed by atoms with Crippen LogP contribution < -0.4 is 5.32 Å². The van der Waals surface area contributed by atoms with Gasteiger partial charge in [-0.05, 0) is 42.0 Å². The molecule has 13 heteroatoms. The highest BCUT2D eigenvalue weighted by Crippen LogP contribution is 2.53. The van der Waals surface area contributed by atoms with Crippen LogP contribution in [0, 0.1) is 28.4 Å². The van der Waals surface area contributed by atoms with Crippen LogP contribution in [-0.4, -0.2) is 41.9 Å². The largest absolute Gasteiger partial charge is 0.491 e. The summed E-state index contributed by atoms with van der Waals surface area (Å²) in [5.74, 6) is -8.39. The van der Waals surface area contributed by atoms with Crippen molar-refractivity contribution >= 4 is 35.1 Å². The molecule has 1 saturated heterocycles. The zero-order valence-corrected chi connectivity index (χ0v) is 22.1. The molecule has 2 N–H and O–H groups in total. The predicted molar refractivity (Wildman–Crippen MR) is 131 cm³/mol. The van der Waals surface area contributed by atoms with Crippen molar-refractivity contribution in [3.05, 3.63) is 69.2 Å². The standard InChI is InChI=1S/C26H23Cl2F5N2O4/c1-24(2,8-9-36)11-18-25(12-34,15-7-6-13(27)10-17(15)29)19(14-4-3-5-16(28)20(14)30)21(35-18)22(37)39-23(38)26(31,32)33/h3-7,10,18-19,21,35-36H,8-9,11H2,1-2H3/t18-,19-,21+,25-/m0/s1. The Labute approximate surface area is 230 Å². The lowest BCUT2D eigenvalue weighted by molar-refractivity contribution is -0.202. The molecule has 1 aliphatic heterocycles. The highest BCUT2D eigenvalue weighted by molar-refractivity contribution is 6.31. The molecule has 0 saturated carbocycles. The van der Waals surface area contributed by atoms with Crippen LogP contribution in [0.5, 0.6) is 0 Å². The monoisotopic (exact) mass is 592 g/mol. The number of halogens is 7. The van der Waals surface area contributed by atoms with Gasteiger partial charge >= 0.3 is 18.1 Å². The van der Waals surface area contributed by atoms with Crippen molar-refractivity contribution in [2.24, 2.45) is 5.41 Å². The Morgan fingerprint density at radius 3 is 2.41 bits per heavy atom. The highest BCUT2D eigenvalue weighted by atomic mass is 35.5. The second kappa shape index (κ2) is 11.4. The predicted octanol–water partition coefficient (Wildman–Crippen LogP) is 5.59. The van der Waals surface area contributed by atoms with Gasteiger partial charge in [0.25, 0.3) is 0 Å². The fourth-order valence-electron chi connectivity index (χ4n) is 5.09. The Morgan fingerprint density at radius 2 is 1.85 bits per heavy atom. The van der Waals surface area contributed by atoms with Crippen LogP contribution in [0.2, 0.25) is 10.0 Å². The lowest BCUT2D eigenvalue weighted by atomic mass is 9.62. The molecule has 0 aromatic heterocycles. The van der Waals surface area contributed by atoms with Crippen LogP contribution >= 0.6 is 23.2 Å². The molecule has 2 aromatic rings. The van der Waals surface area contributed by atoms with E-state index < -0.39 is 69.2 Å². The van der Waals surface area contributed by atoms with E-state index in [0.717, 1.165) is 12.1 Å². The molecule has 0 amide bonds. The number of carbonyl (C=O) groups excluding carboxylic acids is 2. The number of aliphatic hydroxyl groups excluding tert-OH is 1. The molecule has 1 fully saturated rings. The Morgan fingerprint density at radius 1 is 1.18 bits per heavy atom. The third kappa shape index (κ3) is 6.04. The number of benzene rings is 2. The normalized spacial score (nSPS) is 23.4. The van der Waals surface area contributed by atoms with E-state index >= 15 is 8.78 Å². The van der Waals surface area contributed by atoms with Crippen LogP contribution in [0.4, 0.5) is 22.0 Å². The molecule has 0 bridgehead atoms. The van der Waals surface area contributed by atoms with Crippen LogP contribution in [0.1, 0.15) is 43.7 Å². The van der Waals surface area contributed by atoms with Crippen molar-refractivity contribution in [2.75, 3.05) is 6.61 Å². The summed E-state index contributed by atoms with van der Waals surface area (Å²) in [5, 5.41) is 22.5. The van der Waals surface area contributed by atoms with Gasteiger partial charge in [-0.3, -0.25) is 5.32 Å². The molecule has 4 atom stereocenters. The highest BCUT2D eigenvalue weighted by Gasteiger charge is 2.62. The van der Waals surface area contributed by atoms with Gasteiger partial charge < -0.3 is 9.84 Å². The van der Waals surface area contributed by atoms with E-state index in [0.29, 0.717) is 0 Å². The molecule has 6 nitrogen and oxygen atoms in total. The number of nitrogens with one attached hydrogen (secondary N) is 1. The number of ether oxygens (including phenoxy) is 1. The summed E-state index contributed by atoms with van der Waals surface area (Å²) < 4.78 is 73.9. The number of hydrogen-bond acceptors (Lipinski definition) is 6. The van der Waals surface area contributed by atoms with Gasteiger partial charge in [-0.25, -0.2) is 18.4 Å². The number of aliphatic hydroxyl groups is 1. The van der Waals surface area contributed by atoms with E-state index in [-0.39, 0.29) is 30.0 Å². The number of rotatable bonds is 7. The fraction of sp³-hybridized carbons (Fsp3) is 0.423. The smallest absolute Gasteiger partial charge is 0.396 e. The zero-order chi connectivity index (χ0) is 29.3. The number of esters is 2. The lowest BCUT2D eigenvalue weighted by Gasteiger charge is -2.38. The van der Waals surface area contributed by atoms with Gasteiger partial charge in [-0.2, -0.15) is 18.4 Å². The molecule has 0 aliphatic carbocycles. The van der Waals surface area contributed by atoms with Crippen molar-refractivity contribution < 1.29 is 41.4 Å². The quantitative estimate of drug-likeness (QED) is 0.247. The summed E-state index contributed by atoms with van der Waals surface area (Å²) >= 11 is 11.9. The first-order valence-electron chi connectivity index (χ1n) is 11.6.